The number of nitrogens with one attached hydrogen (secondary N) is 1. The number of non-ortho nitro benzene ring substituents is 1. The monoisotopic (exact) mass is 402 g/mol. The number of carbonyl (C=O) groups excluding carboxylic acids is 1. The molecule has 0 bridgehead atoms. The summed E-state index contributed by atoms with van der Waals surface area (Å²) in [6.45, 7) is 0. The fourth-order valence-electron chi connectivity index (χ4n) is 2.55. The van der Waals surface area contributed by atoms with E-state index in [-0.39, 0.29) is 11.3 Å². The average molecular weight is 402 g/mol. The molecule has 1 aromatic heterocycles. The summed E-state index contributed by atoms with van der Waals surface area (Å²) in [4.78, 5) is 22.5. The topological polar surface area (TPSA) is 89.5 Å². The zero-order chi connectivity index (χ0) is 21.0. The Kier molecular flexibility index (Phi) is 5.44. The molecule has 2 aromatic carbocycles. The third-order valence-electron chi connectivity index (χ3n) is 3.91. The molecule has 0 spiro atoms. The summed E-state index contributed by atoms with van der Waals surface area (Å²) < 4.78 is 39.8. The largest absolute Gasteiger partial charge is 0.416 e. The number of nitro benzene ring substituents is 1. The van der Waals surface area contributed by atoms with Gasteiger partial charge in [0.25, 0.3) is 11.6 Å². The maximum absolute atomic E-state index is 12.7. The Morgan fingerprint density at radius 3 is 2.59 bits per heavy atom. The molecule has 3 aromatic rings. The molecule has 1 N–H and O–H groups in total. The molecule has 148 valence electrons. The number of halogens is 3. The van der Waals surface area contributed by atoms with Crippen molar-refractivity contribution in [3.8, 4) is 5.69 Å². The van der Waals surface area contributed by atoms with E-state index >= 15 is 0 Å². The van der Waals surface area contributed by atoms with E-state index in [2.05, 4.69) is 10.5 Å². The smallest absolute Gasteiger partial charge is 0.315 e. The Balaban J connectivity index is 1.76. The van der Waals surface area contributed by atoms with Crippen LogP contribution in [0.2, 0.25) is 0 Å². The van der Waals surface area contributed by atoms with Gasteiger partial charge in [-0.25, -0.2) is 5.43 Å². The first-order valence-corrected chi connectivity index (χ1v) is 8.18. The highest BCUT2D eigenvalue weighted by molar-refractivity contribution is 5.95. The van der Waals surface area contributed by atoms with Crippen molar-refractivity contribution < 1.29 is 22.9 Å². The highest BCUT2D eigenvalue weighted by Gasteiger charge is 2.30. The van der Waals surface area contributed by atoms with E-state index in [1.807, 2.05) is 0 Å². The lowest BCUT2D eigenvalue weighted by Crippen LogP contribution is -2.18. The number of nitrogens with zero attached hydrogens (tertiary/aromatic N) is 3. The van der Waals surface area contributed by atoms with Crippen LogP contribution in [0.15, 0.2) is 72.0 Å². The van der Waals surface area contributed by atoms with Gasteiger partial charge in [-0.2, -0.15) is 18.3 Å². The Labute approximate surface area is 162 Å². The number of carbonyl (C=O) groups is 1. The summed E-state index contributed by atoms with van der Waals surface area (Å²) in [6, 6.07) is 13.2. The standard InChI is InChI=1S/C19H13F3N4O3/c20-19(21,22)14-5-1-4-13(10-14)18(27)24-23-12-17-8-3-9-25(17)15-6-2-7-16(11-15)26(28)29/h1-12H,(H,24,27)/b23-12-. The second-order valence-electron chi connectivity index (χ2n) is 5.86. The third-order valence-corrected chi connectivity index (χ3v) is 3.91. The van der Waals surface area contributed by atoms with E-state index in [9.17, 15) is 28.1 Å². The molecule has 29 heavy (non-hydrogen) atoms. The van der Waals surface area contributed by atoms with E-state index < -0.39 is 22.6 Å². The molecule has 0 saturated heterocycles. The van der Waals surface area contributed by atoms with Crippen molar-refractivity contribution in [3.63, 3.8) is 0 Å². The molecule has 1 amide bonds. The van der Waals surface area contributed by atoms with Gasteiger partial charge in [0, 0.05) is 23.9 Å². The summed E-state index contributed by atoms with van der Waals surface area (Å²) in [6.07, 6.45) is -1.63. The summed E-state index contributed by atoms with van der Waals surface area (Å²) in [5.41, 5.74) is 1.96. The number of amides is 1. The van der Waals surface area contributed by atoms with Gasteiger partial charge in [-0.1, -0.05) is 12.1 Å². The molecule has 10 heteroatoms. The van der Waals surface area contributed by atoms with Gasteiger partial charge in [-0.05, 0) is 36.4 Å². The minimum absolute atomic E-state index is 0.0862. The zero-order valence-electron chi connectivity index (χ0n) is 14.6. The number of hydrazone groups is 1. The van der Waals surface area contributed by atoms with Gasteiger partial charge in [-0.15, -0.1) is 0 Å². The molecule has 0 fully saturated rings. The lowest BCUT2D eigenvalue weighted by molar-refractivity contribution is -0.384. The first-order valence-electron chi connectivity index (χ1n) is 8.18. The molecule has 7 nitrogen and oxygen atoms in total. The van der Waals surface area contributed by atoms with Crippen LogP contribution in [0.3, 0.4) is 0 Å². The molecule has 0 aliphatic rings. The van der Waals surface area contributed by atoms with E-state index in [4.69, 9.17) is 0 Å². The van der Waals surface area contributed by atoms with Crippen LogP contribution in [0.25, 0.3) is 5.69 Å². The molecular formula is C19H13F3N4O3. The molecule has 0 radical (unpaired) electrons. The van der Waals surface area contributed by atoms with Crippen LogP contribution in [0.5, 0.6) is 0 Å². The number of nitro groups is 1. The lowest BCUT2D eigenvalue weighted by atomic mass is 10.1. The van der Waals surface area contributed by atoms with Crippen LogP contribution >= 0.6 is 0 Å². The molecule has 1 heterocycles. The third kappa shape index (κ3) is 4.67. The fraction of sp³-hybridized carbons (Fsp3) is 0.0526. The number of benzene rings is 2. The quantitative estimate of drug-likeness (QED) is 0.395. The van der Waals surface area contributed by atoms with Gasteiger partial charge in [0.2, 0.25) is 0 Å². The predicted molar refractivity (Wildman–Crippen MR) is 98.9 cm³/mol. The maximum Gasteiger partial charge on any atom is 0.416 e. The molecule has 3 rings (SSSR count). The average Bonchev–Trinajstić information content (AvgIpc) is 3.16. The highest BCUT2D eigenvalue weighted by atomic mass is 19.4. The SMILES string of the molecule is O=C(N/N=C\c1cccn1-c1cccc([N+](=O)[O-])c1)c1cccc(C(F)(F)F)c1. The predicted octanol–water partition coefficient (Wildman–Crippen LogP) is 4.17. The van der Waals surface area contributed by atoms with E-state index in [0.29, 0.717) is 11.4 Å². The first-order chi connectivity index (χ1) is 13.8. The number of hydrogen-bond donors (Lipinski definition) is 1. The Morgan fingerprint density at radius 1 is 1.10 bits per heavy atom. The Morgan fingerprint density at radius 2 is 1.86 bits per heavy atom. The summed E-state index contributed by atoms with van der Waals surface area (Å²) in [5, 5.41) is 14.7. The number of rotatable bonds is 5. The highest BCUT2D eigenvalue weighted by Crippen LogP contribution is 2.29. The second kappa shape index (κ2) is 7.97. The number of hydrogen-bond acceptors (Lipinski definition) is 4. The molecule has 0 aliphatic carbocycles. The van der Waals surface area contributed by atoms with Crippen LogP contribution < -0.4 is 5.43 Å². The van der Waals surface area contributed by atoms with Crippen LogP contribution in [0, 0.1) is 10.1 Å². The van der Waals surface area contributed by atoms with Crippen LogP contribution in [-0.2, 0) is 6.18 Å². The van der Waals surface area contributed by atoms with Crippen LogP contribution in [-0.4, -0.2) is 21.6 Å². The van der Waals surface area contributed by atoms with E-state index in [1.54, 1.807) is 29.0 Å². The van der Waals surface area contributed by atoms with Crippen molar-refractivity contribution in [1.82, 2.24) is 9.99 Å². The number of alkyl halides is 3. The number of aromatic nitrogens is 1. The Bertz CT molecular complexity index is 1090. The van der Waals surface area contributed by atoms with Crippen molar-refractivity contribution in [2.75, 3.05) is 0 Å². The zero-order valence-corrected chi connectivity index (χ0v) is 14.6. The summed E-state index contributed by atoms with van der Waals surface area (Å²) in [7, 11) is 0. The molecule has 0 aliphatic heterocycles. The van der Waals surface area contributed by atoms with Crippen molar-refractivity contribution >= 4 is 17.8 Å². The van der Waals surface area contributed by atoms with Crippen molar-refractivity contribution in [3.05, 3.63) is 93.8 Å². The summed E-state index contributed by atoms with van der Waals surface area (Å²) >= 11 is 0. The van der Waals surface area contributed by atoms with Gasteiger partial charge in [0.15, 0.2) is 0 Å². The minimum Gasteiger partial charge on any atom is -0.315 e. The van der Waals surface area contributed by atoms with Gasteiger partial charge in [0.05, 0.1) is 28.1 Å². The maximum atomic E-state index is 12.7. The Hall–Kier alpha value is -3.95. The lowest BCUT2D eigenvalue weighted by Gasteiger charge is -2.08. The van der Waals surface area contributed by atoms with E-state index in [0.717, 1.165) is 18.2 Å². The van der Waals surface area contributed by atoms with Crippen molar-refractivity contribution in [2.45, 2.75) is 6.18 Å². The molecule has 0 unspecified atom stereocenters. The van der Waals surface area contributed by atoms with Gasteiger partial charge >= 0.3 is 6.18 Å². The molecule has 0 atom stereocenters. The summed E-state index contributed by atoms with van der Waals surface area (Å²) in [5.74, 6) is -0.805. The molecule has 0 saturated carbocycles. The van der Waals surface area contributed by atoms with Gasteiger partial charge in [0.1, 0.15) is 0 Å². The fourth-order valence-corrected chi connectivity index (χ4v) is 2.55. The normalized spacial score (nSPS) is 11.6. The van der Waals surface area contributed by atoms with Gasteiger partial charge in [-0.3, -0.25) is 14.9 Å². The first kappa shape index (κ1) is 19.8. The van der Waals surface area contributed by atoms with Gasteiger partial charge < -0.3 is 4.57 Å². The van der Waals surface area contributed by atoms with E-state index in [1.165, 1.54) is 30.5 Å². The molecular weight excluding hydrogens is 389 g/mol. The van der Waals surface area contributed by atoms with Crippen LogP contribution in [0.4, 0.5) is 18.9 Å². The van der Waals surface area contributed by atoms with Crippen molar-refractivity contribution in [2.24, 2.45) is 5.10 Å². The second-order valence-corrected chi connectivity index (χ2v) is 5.86. The minimum atomic E-state index is -4.56. The van der Waals surface area contributed by atoms with Crippen LogP contribution in [0.1, 0.15) is 21.6 Å². The van der Waals surface area contributed by atoms with Crippen molar-refractivity contribution in [1.29, 1.82) is 0 Å².